The molecule has 5 nitrogen and oxygen atoms in total. The van der Waals surface area contributed by atoms with Crippen LogP contribution in [0.5, 0.6) is 11.5 Å². The molecule has 0 amide bonds. The van der Waals surface area contributed by atoms with Crippen molar-refractivity contribution in [3.05, 3.63) is 95.6 Å². The minimum atomic E-state index is -5.69. The van der Waals surface area contributed by atoms with Crippen LogP contribution in [0.25, 0.3) is 11.1 Å². The van der Waals surface area contributed by atoms with Crippen molar-refractivity contribution < 1.29 is 40.2 Å². The molecule has 3 aromatic carbocycles. The fourth-order valence-corrected chi connectivity index (χ4v) is 5.62. The number of phenols is 1. The van der Waals surface area contributed by atoms with E-state index in [1.807, 2.05) is 54.6 Å². The van der Waals surface area contributed by atoms with Crippen molar-refractivity contribution >= 4 is 21.0 Å². The third kappa shape index (κ3) is 9.55. The van der Waals surface area contributed by atoms with Crippen molar-refractivity contribution in [2.45, 2.75) is 38.3 Å². The number of nitrogens with one attached hydrogen (secondary N) is 1. The van der Waals surface area contributed by atoms with Crippen molar-refractivity contribution in [1.29, 1.82) is 0 Å². The standard InChI is InChI=1S/C31H34F5NO4S/c1-2-28(23-7-4-3-5-8-23)29(24-9-13-26(38)14-10-24)25-11-15-27(16-12-25)41-20-18-37-19-22-42(39,40)21-6-17-30(32,33)31(34,35)36/h3-5,7-16,37-38H,2,6,17-22H2,1H3/b29-28+. The van der Waals surface area contributed by atoms with E-state index in [9.17, 15) is 35.5 Å². The third-order valence-electron chi connectivity index (χ3n) is 6.57. The zero-order chi connectivity index (χ0) is 30.8. The Labute approximate surface area is 243 Å². The third-order valence-corrected chi connectivity index (χ3v) is 8.31. The fraction of sp³-hybridized carbons (Fsp3) is 0.355. The van der Waals surface area contributed by atoms with Gasteiger partial charge >= 0.3 is 12.1 Å². The van der Waals surface area contributed by atoms with E-state index in [4.69, 9.17) is 4.74 Å². The second kappa shape index (κ2) is 14.6. The summed E-state index contributed by atoms with van der Waals surface area (Å²) in [5.74, 6) is -5.25. The van der Waals surface area contributed by atoms with Gasteiger partial charge in [-0.05, 0) is 64.9 Å². The molecule has 0 saturated carbocycles. The minimum Gasteiger partial charge on any atom is -0.508 e. The summed E-state index contributed by atoms with van der Waals surface area (Å²) in [6.45, 7) is 2.63. The quantitative estimate of drug-likeness (QED) is 0.109. The van der Waals surface area contributed by atoms with Crippen molar-refractivity contribution in [3.8, 4) is 11.5 Å². The molecule has 11 heteroatoms. The van der Waals surface area contributed by atoms with Gasteiger partial charge in [0.25, 0.3) is 0 Å². The first-order valence-corrected chi connectivity index (χ1v) is 15.3. The summed E-state index contributed by atoms with van der Waals surface area (Å²) in [7, 11) is -3.78. The maximum Gasteiger partial charge on any atom is 0.453 e. The van der Waals surface area contributed by atoms with Gasteiger partial charge in [0.15, 0.2) is 9.84 Å². The molecule has 0 aliphatic heterocycles. The zero-order valence-corrected chi connectivity index (χ0v) is 23.9. The first-order chi connectivity index (χ1) is 19.8. The van der Waals surface area contributed by atoms with Gasteiger partial charge in [-0.15, -0.1) is 0 Å². The molecule has 0 saturated heterocycles. The van der Waals surface area contributed by atoms with Gasteiger partial charge in [-0.1, -0.05) is 61.5 Å². The van der Waals surface area contributed by atoms with Crippen LogP contribution in [0, 0.1) is 0 Å². The molecule has 0 spiro atoms. The monoisotopic (exact) mass is 611 g/mol. The van der Waals surface area contributed by atoms with Crippen LogP contribution in [0.15, 0.2) is 78.9 Å². The van der Waals surface area contributed by atoms with Gasteiger partial charge < -0.3 is 15.2 Å². The van der Waals surface area contributed by atoms with Crippen LogP contribution in [0.2, 0.25) is 0 Å². The molecule has 3 rings (SSSR count). The first-order valence-electron chi connectivity index (χ1n) is 13.5. The van der Waals surface area contributed by atoms with E-state index in [-0.39, 0.29) is 24.7 Å². The maximum atomic E-state index is 13.0. The number of phenolic OH excluding ortho intramolecular Hbond substituents is 1. The van der Waals surface area contributed by atoms with Crippen LogP contribution in [0.4, 0.5) is 22.0 Å². The number of sulfone groups is 1. The summed E-state index contributed by atoms with van der Waals surface area (Å²) >= 11 is 0. The topological polar surface area (TPSA) is 75.6 Å². The summed E-state index contributed by atoms with van der Waals surface area (Å²) < 4.78 is 92.2. The van der Waals surface area contributed by atoms with Crippen LogP contribution < -0.4 is 10.1 Å². The second-order valence-corrected chi connectivity index (χ2v) is 12.0. The Kier molecular flexibility index (Phi) is 11.5. The molecule has 0 radical (unpaired) electrons. The molecule has 0 aliphatic carbocycles. The smallest absolute Gasteiger partial charge is 0.453 e. The number of alkyl halides is 5. The minimum absolute atomic E-state index is 0.0142. The Balaban J connectivity index is 1.54. The summed E-state index contributed by atoms with van der Waals surface area (Å²) in [5, 5.41) is 12.7. The Bertz CT molecular complexity index is 1410. The van der Waals surface area contributed by atoms with E-state index >= 15 is 0 Å². The highest BCUT2D eigenvalue weighted by molar-refractivity contribution is 7.91. The molecule has 2 N–H and O–H groups in total. The number of halogens is 5. The van der Waals surface area contributed by atoms with E-state index in [0.29, 0.717) is 12.3 Å². The lowest BCUT2D eigenvalue weighted by atomic mass is 9.88. The molecule has 0 aromatic heterocycles. The number of ether oxygens (including phenoxy) is 1. The van der Waals surface area contributed by atoms with E-state index < -0.39 is 40.5 Å². The van der Waals surface area contributed by atoms with Crippen LogP contribution in [0.3, 0.4) is 0 Å². The van der Waals surface area contributed by atoms with Crippen LogP contribution in [-0.4, -0.2) is 56.8 Å². The Morgan fingerprint density at radius 2 is 1.40 bits per heavy atom. The highest BCUT2D eigenvalue weighted by Gasteiger charge is 2.56. The summed E-state index contributed by atoms with van der Waals surface area (Å²) in [6, 6.07) is 24.6. The molecular formula is C31H34F5NO4S. The average Bonchev–Trinajstić information content (AvgIpc) is 2.94. The van der Waals surface area contributed by atoms with E-state index in [2.05, 4.69) is 24.4 Å². The number of hydrogen-bond acceptors (Lipinski definition) is 5. The molecule has 0 unspecified atom stereocenters. The predicted molar refractivity (Wildman–Crippen MR) is 154 cm³/mol. The number of benzene rings is 3. The van der Waals surface area contributed by atoms with Gasteiger partial charge in [0.2, 0.25) is 0 Å². The van der Waals surface area contributed by atoms with Crippen LogP contribution in [0.1, 0.15) is 42.9 Å². The lowest BCUT2D eigenvalue weighted by Gasteiger charge is -2.19. The lowest BCUT2D eigenvalue weighted by Crippen LogP contribution is -2.36. The second-order valence-electron chi connectivity index (χ2n) is 9.70. The van der Waals surface area contributed by atoms with Gasteiger partial charge in [0.05, 0.1) is 11.5 Å². The molecule has 0 atom stereocenters. The van der Waals surface area contributed by atoms with Crippen molar-refractivity contribution in [1.82, 2.24) is 5.32 Å². The molecule has 0 fully saturated rings. The summed E-state index contributed by atoms with van der Waals surface area (Å²) in [5.41, 5.74) is 5.18. The Morgan fingerprint density at radius 1 is 0.810 bits per heavy atom. The van der Waals surface area contributed by atoms with Crippen LogP contribution >= 0.6 is 0 Å². The highest BCUT2D eigenvalue weighted by atomic mass is 32.2. The summed E-state index contributed by atoms with van der Waals surface area (Å²) in [6.07, 6.45) is -7.25. The maximum absolute atomic E-state index is 13.0. The fourth-order valence-electron chi connectivity index (χ4n) is 4.38. The molecule has 0 heterocycles. The SMILES string of the molecule is CC/C(=C(/c1ccc(O)cc1)c1ccc(OCCNCCS(=O)(=O)CCCC(F)(F)C(F)(F)F)cc1)c1ccccc1. The van der Waals surface area contributed by atoms with E-state index in [1.165, 1.54) is 0 Å². The Hall–Kier alpha value is -3.44. The lowest BCUT2D eigenvalue weighted by molar-refractivity contribution is -0.284. The number of allylic oxidation sites excluding steroid dienone is 1. The largest absolute Gasteiger partial charge is 0.508 e. The van der Waals surface area contributed by atoms with Gasteiger partial charge in [0, 0.05) is 19.5 Å². The molecule has 0 bridgehead atoms. The van der Waals surface area contributed by atoms with Gasteiger partial charge in [-0.25, -0.2) is 8.42 Å². The molecule has 0 aliphatic rings. The molecule has 3 aromatic rings. The van der Waals surface area contributed by atoms with Gasteiger partial charge in [-0.3, -0.25) is 0 Å². The van der Waals surface area contributed by atoms with Crippen LogP contribution in [-0.2, 0) is 9.84 Å². The number of rotatable bonds is 15. The van der Waals surface area contributed by atoms with E-state index in [0.717, 1.165) is 34.3 Å². The number of aromatic hydroxyl groups is 1. The highest BCUT2D eigenvalue weighted by Crippen LogP contribution is 2.39. The normalized spacial score (nSPS) is 13.1. The molecular weight excluding hydrogens is 577 g/mol. The van der Waals surface area contributed by atoms with E-state index in [1.54, 1.807) is 12.1 Å². The average molecular weight is 612 g/mol. The van der Waals surface area contributed by atoms with Crippen molar-refractivity contribution in [2.75, 3.05) is 31.2 Å². The van der Waals surface area contributed by atoms with Gasteiger partial charge in [-0.2, -0.15) is 22.0 Å². The molecule has 42 heavy (non-hydrogen) atoms. The molecule has 228 valence electrons. The summed E-state index contributed by atoms with van der Waals surface area (Å²) in [4.78, 5) is 0. The van der Waals surface area contributed by atoms with Crippen molar-refractivity contribution in [2.24, 2.45) is 0 Å². The van der Waals surface area contributed by atoms with Crippen molar-refractivity contribution in [3.63, 3.8) is 0 Å². The van der Waals surface area contributed by atoms with Gasteiger partial charge in [0.1, 0.15) is 18.1 Å². The Morgan fingerprint density at radius 3 is 1.98 bits per heavy atom. The predicted octanol–water partition coefficient (Wildman–Crippen LogP) is 7.12. The zero-order valence-electron chi connectivity index (χ0n) is 23.1. The first kappa shape index (κ1) is 33.1. The number of hydrogen-bond donors (Lipinski definition) is 2.